The number of halogens is 1. The van der Waals surface area contributed by atoms with Crippen LogP contribution in [0.5, 0.6) is 0 Å². The molecule has 0 rings (SSSR count). The van der Waals surface area contributed by atoms with E-state index < -0.39 is 0 Å². The van der Waals surface area contributed by atoms with Crippen molar-refractivity contribution in [2.45, 2.75) is 0 Å². The van der Waals surface area contributed by atoms with Crippen LogP contribution in [-0.2, 0) is 23.7 Å². The van der Waals surface area contributed by atoms with Crippen molar-refractivity contribution in [2.75, 3.05) is 79.3 Å². The van der Waals surface area contributed by atoms with E-state index in [9.17, 15) is 0 Å². The molecule has 0 aromatic rings. The first-order valence-electron chi connectivity index (χ1n) is 6.52. The third kappa shape index (κ3) is 20.5. The second kappa shape index (κ2) is 21.5. The van der Waals surface area contributed by atoms with Crippen LogP contribution in [0.15, 0.2) is 0 Å². The molecule has 20 heavy (non-hydrogen) atoms. The molecule has 0 fully saturated rings. The monoisotopic (exact) mass is 362 g/mol. The summed E-state index contributed by atoms with van der Waals surface area (Å²) in [5.74, 6) is 0. The second-order valence-electron chi connectivity index (χ2n) is 3.51. The smallest absolute Gasteiger partial charge is 0.0701 e. The highest BCUT2D eigenvalue weighted by molar-refractivity contribution is 8.93. The molecule has 124 valence electrons. The summed E-state index contributed by atoms with van der Waals surface area (Å²) in [5.41, 5.74) is 0. The van der Waals surface area contributed by atoms with E-state index in [1.54, 1.807) is 0 Å². The first-order chi connectivity index (χ1) is 9.41. The quantitative estimate of drug-likeness (QED) is 0.362. The van der Waals surface area contributed by atoms with Crippen LogP contribution in [0.2, 0.25) is 0 Å². The summed E-state index contributed by atoms with van der Waals surface area (Å²) in [6, 6.07) is 0. The summed E-state index contributed by atoms with van der Waals surface area (Å²) in [7, 11) is 0. The molecule has 8 heteroatoms. The minimum atomic E-state index is 0. The molecule has 2 N–H and O–H groups in total. The fraction of sp³-hybridized carbons (Fsp3) is 1.00. The Labute approximate surface area is 130 Å². The van der Waals surface area contributed by atoms with Gasteiger partial charge >= 0.3 is 0 Å². The summed E-state index contributed by atoms with van der Waals surface area (Å²) >= 11 is 0. The molecular weight excluding hydrogens is 336 g/mol. The Morgan fingerprint density at radius 2 is 0.600 bits per heavy atom. The standard InChI is InChI=1S/C12H26O7.BrH/c13-1-3-15-5-7-17-9-11-19-12-10-18-8-6-16-4-2-14;/h13-14H,1-12H2;1H. The first kappa shape index (κ1) is 22.5. The maximum absolute atomic E-state index is 8.45. The number of ether oxygens (including phenoxy) is 5. The van der Waals surface area contributed by atoms with Gasteiger partial charge in [0.1, 0.15) is 0 Å². The van der Waals surface area contributed by atoms with Gasteiger partial charge in [-0.2, -0.15) is 0 Å². The van der Waals surface area contributed by atoms with Gasteiger partial charge in [0.05, 0.1) is 79.3 Å². The van der Waals surface area contributed by atoms with Crippen LogP contribution in [0.3, 0.4) is 0 Å². The molecule has 0 aliphatic heterocycles. The molecule has 0 amide bonds. The molecule has 0 aromatic carbocycles. The van der Waals surface area contributed by atoms with Gasteiger partial charge < -0.3 is 33.9 Å². The van der Waals surface area contributed by atoms with Crippen molar-refractivity contribution in [1.82, 2.24) is 0 Å². The number of hydrogen-bond donors (Lipinski definition) is 2. The Morgan fingerprint density at radius 1 is 0.400 bits per heavy atom. The van der Waals surface area contributed by atoms with E-state index in [1.165, 1.54) is 0 Å². The van der Waals surface area contributed by atoms with Crippen LogP contribution < -0.4 is 0 Å². The van der Waals surface area contributed by atoms with Gasteiger partial charge in [-0.3, -0.25) is 0 Å². The van der Waals surface area contributed by atoms with Crippen molar-refractivity contribution >= 4 is 17.0 Å². The average molecular weight is 363 g/mol. The highest BCUT2D eigenvalue weighted by Crippen LogP contribution is 1.83. The molecule has 0 spiro atoms. The van der Waals surface area contributed by atoms with Crippen molar-refractivity contribution in [3.63, 3.8) is 0 Å². The summed E-state index contributed by atoms with van der Waals surface area (Å²) in [5, 5.41) is 16.9. The fourth-order valence-corrected chi connectivity index (χ4v) is 1.11. The molecule has 0 heterocycles. The van der Waals surface area contributed by atoms with Gasteiger partial charge in [0.25, 0.3) is 0 Å². The van der Waals surface area contributed by atoms with Gasteiger partial charge in [0.15, 0.2) is 0 Å². The summed E-state index contributed by atoms with van der Waals surface area (Å²) in [6.45, 7) is 4.80. The Balaban J connectivity index is 0. The molecule has 0 aliphatic rings. The molecule has 0 aliphatic carbocycles. The van der Waals surface area contributed by atoms with Crippen LogP contribution in [0.1, 0.15) is 0 Å². The van der Waals surface area contributed by atoms with E-state index in [0.29, 0.717) is 66.1 Å². The minimum absolute atomic E-state index is 0. The van der Waals surface area contributed by atoms with Crippen molar-refractivity contribution in [1.29, 1.82) is 0 Å². The van der Waals surface area contributed by atoms with Crippen molar-refractivity contribution in [3.05, 3.63) is 0 Å². The lowest BCUT2D eigenvalue weighted by Crippen LogP contribution is -2.14. The Kier molecular flexibility index (Phi) is 24.2. The molecule has 7 nitrogen and oxygen atoms in total. The predicted octanol–water partition coefficient (Wildman–Crippen LogP) is -0.368. The topological polar surface area (TPSA) is 86.6 Å². The van der Waals surface area contributed by atoms with Crippen LogP contribution in [0, 0.1) is 0 Å². The maximum Gasteiger partial charge on any atom is 0.0701 e. The van der Waals surface area contributed by atoms with E-state index in [0.717, 1.165) is 0 Å². The molecule has 0 bridgehead atoms. The SMILES string of the molecule is Br.OCCOCCOCCOCCOCCOCCO. The zero-order valence-electron chi connectivity index (χ0n) is 11.8. The number of rotatable bonds is 16. The van der Waals surface area contributed by atoms with E-state index in [2.05, 4.69) is 0 Å². The molecule has 0 aromatic heterocycles. The molecule has 0 saturated heterocycles. The fourth-order valence-electron chi connectivity index (χ4n) is 1.11. The molecule has 0 unspecified atom stereocenters. The van der Waals surface area contributed by atoms with Gasteiger partial charge in [-0.15, -0.1) is 17.0 Å². The minimum Gasteiger partial charge on any atom is -0.394 e. The summed E-state index contributed by atoms with van der Waals surface area (Å²) in [6.07, 6.45) is 0. The average Bonchev–Trinajstić information content (AvgIpc) is 2.43. The Hall–Kier alpha value is 0.200. The molecule has 0 atom stereocenters. The van der Waals surface area contributed by atoms with Crippen molar-refractivity contribution in [2.24, 2.45) is 0 Å². The van der Waals surface area contributed by atoms with Gasteiger partial charge in [-0.1, -0.05) is 0 Å². The second-order valence-corrected chi connectivity index (χ2v) is 3.51. The predicted molar refractivity (Wildman–Crippen MR) is 78.6 cm³/mol. The van der Waals surface area contributed by atoms with E-state index >= 15 is 0 Å². The Morgan fingerprint density at radius 3 is 0.800 bits per heavy atom. The third-order valence-corrected chi connectivity index (χ3v) is 1.96. The largest absolute Gasteiger partial charge is 0.394 e. The van der Waals surface area contributed by atoms with Gasteiger partial charge in [-0.05, 0) is 0 Å². The van der Waals surface area contributed by atoms with Gasteiger partial charge in [-0.25, -0.2) is 0 Å². The normalized spacial score (nSPS) is 10.5. The highest BCUT2D eigenvalue weighted by Gasteiger charge is 1.92. The van der Waals surface area contributed by atoms with Crippen molar-refractivity contribution in [3.8, 4) is 0 Å². The lowest BCUT2D eigenvalue weighted by Gasteiger charge is -2.07. The third-order valence-electron chi connectivity index (χ3n) is 1.96. The Bertz CT molecular complexity index is 147. The lowest BCUT2D eigenvalue weighted by atomic mass is 10.7. The zero-order valence-corrected chi connectivity index (χ0v) is 13.5. The number of hydrogen-bond acceptors (Lipinski definition) is 7. The van der Waals surface area contributed by atoms with Crippen LogP contribution in [0.4, 0.5) is 0 Å². The van der Waals surface area contributed by atoms with Crippen molar-refractivity contribution < 1.29 is 33.9 Å². The summed E-state index contributed by atoms with van der Waals surface area (Å²) in [4.78, 5) is 0. The zero-order chi connectivity index (χ0) is 14.0. The number of aliphatic hydroxyl groups is 2. The lowest BCUT2D eigenvalue weighted by molar-refractivity contribution is -0.0151. The molecule has 0 saturated carbocycles. The maximum atomic E-state index is 8.45. The number of aliphatic hydroxyl groups excluding tert-OH is 2. The first-order valence-corrected chi connectivity index (χ1v) is 6.52. The van der Waals surface area contributed by atoms with E-state index in [-0.39, 0.29) is 30.2 Å². The molecule has 0 radical (unpaired) electrons. The van der Waals surface area contributed by atoms with E-state index in [1.807, 2.05) is 0 Å². The van der Waals surface area contributed by atoms with Crippen LogP contribution in [-0.4, -0.2) is 89.5 Å². The highest BCUT2D eigenvalue weighted by atomic mass is 79.9. The summed E-state index contributed by atoms with van der Waals surface area (Å²) < 4.78 is 25.8. The van der Waals surface area contributed by atoms with Gasteiger partial charge in [0, 0.05) is 0 Å². The van der Waals surface area contributed by atoms with Crippen LogP contribution >= 0.6 is 17.0 Å². The van der Waals surface area contributed by atoms with E-state index in [4.69, 9.17) is 33.9 Å². The van der Waals surface area contributed by atoms with Crippen LogP contribution in [0.25, 0.3) is 0 Å². The molecular formula is C12H27BrO7. The van der Waals surface area contributed by atoms with Gasteiger partial charge in [0.2, 0.25) is 0 Å².